The highest BCUT2D eigenvalue weighted by Gasteiger charge is 2.17. The number of fused-ring (bicyclic) bond motifs is 1. The second-order valence-electron chi connectivity index (χ2n) is 5.91. The van der Waals surface area contributed by atoms with Crippen molar-refractivity contribution in [1.29, 1.82) is 0 Å². The summed E-state index contributed by atoms with van der Waals surface area (Å²) in [5.74, 6) is 0.799. The lowest BCUT2D eigenvalue weighted by Gasteiger charge is -2.11. The van der Waals surface area contributed by atoms with Gasteiger partial charge in [-0.15, -0.1) is 0 Å². The van der Waals surface area contributed by atoms with E-state index in [1.165, 1.54) is 34.4 Å². The van der Waals surface area contributed by atoms with Crippen LogP contribution < -0.4 is 11.2 Å². The van der Waals surface area contributed by atoms with Gasteiger partial charge in [0.05, 0.1) is 5.69 Å². The van der Waals surface area contributed by atoms with Gasteiger partial charge in [-0.05, 0) is 36.5 Å². The molecule has 24 heavy (non-hydrogen) atoms. The molecule has 0 bridgehead atoms. The number of aryl methyl sites for hydroxylation is 3. The van der Waals surface area contributed by atoms with Crippen molar-refractivity contribution in [3.63, 3.8) is 0 Å². The number of aromatic amines is 1. The first-order valence-electron chi connectivity index (χ1n) is 8.02. The largest absolute Gasteiger partial charge is 0.328 e. The van der Waals surface area contributed by atoms with Gasteiger partial charge in [0.2, 0.25) is 0 Å². The first-order valence-corrected chi connectivity index (χ1v) is 8.02. The Morgan fingerprint density at radius 3 is 2.96 bits per heavy atom. The fraction of sp³-hybridized carbons (Fsp3) is 0.294. The van der Waals surface area contributed by atoms with E-state index in [0.29, 0.717) is 13.0 Å². The number of hydrogen-bond acceptors (Lipinski definition) is 4. The van der Waals surface area contributed by atoms with Crippen molar-refractivity contribution in [2.75, 3.05) is 0 Å². The molecule has 0 atom stereocenters. The van der Waals surface area contributed by atoms with Crippen molar-refractivity contribution >= 4 is 0 Å². The van der Waals surface area contributed by atoms with Crippen LogP contribution in [0.3, 0.4) is 0 Å². The molecule has 0 amide bonds. The van der Waals surface area contributed by atoms with Crippen LogP contribution in [0.1, 0.15) is 23.4 Å². The topological polar surface area (TPSA) is 85.6 Å². The highest BCUT2D eigenvalue weighted by molar-refractivity contribution is 5.48. The van der Waals surface area contributed by atoms with E-state index in [1.54, 1.807) is 6.33 Å². The molecular weight excluding hydrogens is 306 g/mol. The van der Waals surface area contributed by atoms with Crippen molar-refractivity contribution in [1.82, 2.24) is 24.3 Å². The van der Waals surface area contributed by atoms with Gasteiger partial charge < -0.3 is 4.57 Å². The summed E-state index contributed by atoms with van der Waals surface area (Å²) in [6, 6.07) is 7.63. The Balaban J connectivity index is 1.63. The minimum absolute atomic E-state index is 0.390. The zero-order valence-corrected chi connectivity index (χ0v) is 13.1. The molecule has 7 nitrogen and oxygen atoms in total. The molecule has 2 heterocycles. The summed E-state index contributed by atoms with van der Waals surface area (Å²) in [4.78, 5) is 29.5. The number of H-pyrrole nitrogens is 1. The molecule has 0 fully saturated rings. The summed E-state index contributed by atoms with van der Waals surface area (Å²) in [7, 11) is 0. The molecule has 0 spiro atoms. The summed E-state index contributed by atoms with van der Waals surface area (Å²) in [6.07, 6.45) is 6.93. The van der Waals surface area contributed by atoms with Crippen LogP contribution in [-0.4, -0.2) is 24.3 Å². The first kappa shape index (κ1) is 14.6. The van der Waals surface area contributed by atoms with E-state index in [4.69, 9.17) is 0 Å². The van der Waals surface area contributed by atoms with Gasteiger partial charge in [0.15, 0.2) is 0 Å². The van der Waals surface area contributed by atoms with E-state index >= 15 is 0 Å². The molecule has 2 aromatic heterocycles. The van der Waals surface area contributed by atoms with E-state index < -0.39 is 5.69 Å². The van der Waals surface area contributed by atoms with E-state index in [1.807, 2.05) is 4.68 Å². The van der Waals surface area contributed by atoms with Crippen LogP contribution in [0.15, 0.2) is 46.4 Å². The lowest BCUT2D eigenvalue weighted by Crippen LogP contribution is -2.29. The zero-order chi connectivity index (χ0) is 16.5. The molecule has 122 valence electrons. The summed E-state index contributed by atoms with van der Waals surface area (Å²) < 4.78 is 3.33. The van der Waals surface area contributed by atoms with Crippen molar-refractivity contribution in [2.45, 2.75) is 32.2 Å². The average Bonchev–Trinajstić information content (AvgIpc) is 3.22. The molecule has 1 aliphatic carbocycles. The molecule has 0 aliphatic heterocycles. The maximum Gasteiger partial charge on any atom is 0.328 e. The highest BCUT2D eigenvalue weighted by atomic mass is 16.2. The molecule has 1 aromatic carbocycles. The third-order valence-corrected chi connectivity index (χ3v) is 4.44. The number of hydrogen-bond donors (Lipinski definition) is 1. The molecule has 7 heteroatoms. The molecule has 0 unspecified atom stereocenters. The minimum Gasteiger partial charge on any atom is -0.300 e. The Labute approximate surface area is 137 Å². The molecule has 4 rings (SSSR count). The molecule has 0 radical (unpaired) electrons. The van der Waals surface area contributed by atoms with Crippen molar-refractivity contribution in [3.8, 4) is 5.69 Å². The second kappa shape index (κ2) is 5.92. The van der Waals surface area contributed by atoms with Gasteiger partial charge in [-0.3, -0.25) is 9.78 Å². The molecule has 3 aromatic rings. The van der Waals surface area contributed by atoms with Crippen LogP contribution >= 0.6 is 0 Å². The Kier molecular flexibility index (Phi) is 3.60. The quantitative estimate of drug-likeness (QED) is 0.771. The molecule has 0 saturated heterocycles. The monoisotopic (exact) mass is 323 g/mol. The number of nitrogens with one attached hydrogen (secondary N) is 1. The predicted octanol–water partition coefficient (Wildman–Crippen LogP) is 0.849. The smallest absolute Gasteiger partial charge is 0.300 e. The highest BCUT2D eigenvalue weighted by Crippen LogP contribution is 2.27. The SMILES string of the molecule is O=c1ccn(CCc2ncnn2-c2cccc3c2CCC3)c(=O)[nH]1. The summed E-state index contributed by atoms with van der Waals surface area (Å²) in [6.45, 7) is 0.434. The lowest BCUT2D eigenvalue weighted by atomic mass is 10.1. The lowest BCUT2D eigenvalue weighted by molar-refractivity contribution is 0.616. The number of benzene rings is 1. The maximum atomic E-state index is 11.8. The Morgan fingerprint density at radius 1 is 1.17 bits per heavy atom. The standard InChI is InChI=1S/C17H17N5O2/c23-16-8-10-21(17(24)20-16)9-7-15-18-11-19-22(15)14-6-2-4-12-3-1-5-13(12)14/h2,4,6,8,10-11H,1,3,5,7,9H2,(H,20,23,24). The van der Waals surface area contributed by atoms with Crippen LogP contribution in [0.25, 0.3) is 5.69 Å². The Hall–Kier alpha value is -2.96. The number of nitrogens with zero attached hydrogens (tertiary/aromatic N) is 4. The Bertz CT molecular complexity index is 998. The van der Waals surface area contributed by atoms with Gasteiger partial charge in [0.1, 0.15) is 12.2 Å². The van der Waals surface area contributed by atoms with Gasteiger partial charge >= 0.3 is 5.69 Å². The third kappa shape index (κ3) is 2.58. The summed E-state index contributed by atoms with van der Waals surface area (Å²) in [5.41, 5.74) is 3.00. The van der Waals surface area contributed by atoms with Gasteiger partial charge in [-0.2, -0.15) is 5.10 Å². The van der Waals surface area contributed by atoms with Crippen LogP contribution in [0.4, 0.5) is 0 Å². The van der Waals surface area contributed by atoms with Crippen LogP contribution in [0, 0.1) is 0 Å². The molecule has 1 aliphatic rings. The van der Waals surface area contributed by atoms with E-state index in [2.05, 4.69) is 33.3 Å². The predicted molar refractivity (Wildman–Crippen MR) is 88.4 cm³/mol. The van der Waals surface area contributed by atoms with Crippen molar-refractivity contribution < 1.29 is 0 Å². The Morgan fingerprint density at radius 2 is 2.08 bits per heavy atom. The van der Waals surface area contributed by atoms with Crippen LogP contribution in [0.2, 0.25) is 0 Å². The molecule has 0 saturated carbocycles. The van der Waals surface area contributed by atoms with Crippen molar-refractivity contribution in [3.05, 3.63) is 74.6 Å². The minimum atomic E-state index is -0.408. The van der Waals surface area contributed by atoms with Gasteiger partial charge in [-0.25, -0.2) is 14.5 Å². The van der Waals surface area contributed by atoms with E-state index in [9.17, 15) is 9.59 Å². The maximum absolute atomic E-state index is 11.8. The fourth-order valence-corrected chi connectivity index (χ4v) is 3.28. The first-order chi connectivity index (χ1) is 11.7. The fourth-order valence-electron chi connectivity index (χ4n) is 3.28. The van der Waals surface area contributed by atoms with E-state index in [-0.39, 0.29) is 5.56 Å². The average molecular weight is 323 g/mol. The van der Waals surface area contributed by atoms with Crippen molar-refractivity contribution in [2.24, 2.45) is 0 Å². The molecular formula is C17H17N5O2. The number of rotatable bonds is 4. The van der Waals surface area contributed by atoms with Gasteiger partial charge in [0.25, 0.3) is 5.56 Å². The summed E-state index contributed by atoms with van der Waals surface area (Å²) >= 11 is 0. The van der Waals surface area contributed by atoms with Crippen LogP contribution in [0.5, 0.6) is 0 Å². The van der Waals surface area contributed by atoms with E-state index in [0.717, 1.165) is 24.4 Å². The van der Waals surface area contributed by atoms with Gasteiger partial charge in [-0.1, -0.05) is 12.1 Å². The number of aromatic nitrogens is 5. The zero-order valence-electron chi connectivity index (χ0n) is 13.1. The summed E-state index contributed by atoms with van der Waals surface area (Å²) in [5, 5.41) is 4.37. The third-order valence-electron chi connectivity index (χ3n) is 4.44. The molecule has 1 N–H and O–H groups in total. The van der Waals surface area contributed by atoms with Gasteiger partial charge in [0, 0.05) is 25.2 Å². The van der Waals surface area contributed by atoms with Crippen LogP contribution in [-0.2, 0) is 25.8 Å². The normalized spacial score (nSPS) is 13.2. The second-order valence-corrected chi connectivity index (χ2v) is 5.91.